The SMILES string of the molecule is CCCCCCCCOP(C)(=S)SC(c1ccccc1)c1ccccc1. The number of rotatable bonds is 12. The second kappa shape index (κ2) is 12.0. The lowest BCUT2D eigenvalue weighted by Crippen LogP contribution is -1.98. The number of unbranched alkanes of at least 4 members (excludes halogenated alkanes) is 5. The monoisotopic (exact) mass is 406 g/mol. The van der Waals surface area contributed by atoms with Gasteiger partial charge in [-0.15, -0.1) is 0 Å². The first-order chi connectivity index (χ1) is 12.6. The van der Waals surface area contributed by atoms with Gasteiger partial charge in [0.15, 0.2) is 0 Å². The summed E-state index contributed by atoms with van der Waals surface area (Å²) in [6, 6.07) is 21.3. The van der Waals surface area contributed by atoms with Gasteiger partial charge in [0.2, 0.25) is 0 Å². The van der Waals surface area contributed by atoms with Crippen molar-refractivity contribution < 1.29 is 4.52 Å². The maximum absolute atomic E-state index is 6.20. The van der Waals surface area contributed by atoms with Gasteiger partial charge in [-0.25, -0.2) is 0 Å². The predicted octanol–water partition coefficient (Wildman–Crippen LogP) is 7.83. The molecule has 2 rings (SSSR count). The Bertz CT molecular complexity index is 621. The van der Waals surface area contributed by atoms with Gasteiger partial charge in [0.05, 0.1) is 11.9 Å². The summed E-state index contributed by atoms with van der Waals surface area (Å²) in [5.41, 5.74) is 0.698. The lowest BCUT2D eigenvalue weighted by Gasteiger charge is -2.24. The van der Waals surface area contributed by atoms with Crippen molar-refractivity contribution in [1.82, 2.24) is 0 Å². The Kier molecular flexibility index (Phi) is 9.99. The van der Waals surface area contributed by atoms with E-state index in [9.17, 15) is 0 Å². The molecule has 0 amide bonds. The first-order valence-electron chi connectivity index (χ1n) is 9.63. The van der Waals surface area contributed by atoms with E-state index >= 15 is 0 Å². The van der Waals surface area contributed by atoms with E-state index in [0.717, 1.165) is 13.0 Å². The molecule has 4 heteroatoms. The number of hydrogen-bond donors (Lipinski definition) is 0. The van der Waals surface area contributed by atoms with Crippen molar-refractivity contribution in [3.05, 3.63) is 71.8 Å². The Morgan fingerprint density at radius 3 is 1.88 bits per heavy atom. The summed E-state index contributed by atoms with van der Waals surface area (Å²) in [6.07, 6.45) is 7.67. The van der Waals surface area contributed by atoms with Crippen molar-refractivity contribution in [2.24, 2.45) is 0 Å². The molecule has 0 N–H and O–H groups in total. The maximum Gasteiger partial charge on any atom is 0.117 e. The third kappa shape index (κ3) is 7.96. The van der Waals surface area contributed by atoms with E-state index < -0.39 is 5.47 Å². The van der Waals surface area contributed by atoms with Crippen LogP contribution < -0.4 is 0 Å². The van der Waals surface area contributed by atoms with E-state index in [1.165, 1.54) is 43.2 Å². The van der Waals surface area contributed by atoms with Crippen molar-refractivity contribution in [2.75, 3.05) is 13.3 Å². The van der Waals surface area contributed by atoms with Crippen LogP contribution in [-0.4, -0.2) is 13.3 Å². The molecule has 0 aromatic heterocycles. The molecule has 1 unspecified atom stereocenters. The summed E-state index contributed by atoms with van der Waals surface area (Å²) in [5, 5.41) is 0.234. The van der Waals surface area contributed by atoms with Gasteiger partial charge in [-0.3, -0.25) is 0 Å². The van der Waals surface area contributed by atoms with E-state index in [-0.39, 0.29) is 5.25 Å². The number of benzene rings is 2. The molecular weight excluding hydrogens is 375 g/mol. The average molecular weight is 407 g/mol. The Hall–Kier alpha value is -0.600. The van der Waals surface area contributed by atoms with Gasteiger partial charge < -0.3 is 4.52 Å². The van der Waals surface area contributed by atoms with E-state index in [0.29, 0.717) is 0 Å². The fourth-order valence-electron chi connectivity index (χ4n) is 2.90. The van der Waals surface area contributed by atoms with E-state index in [2.05, 4.69) is 74.3 Å². The largest absolute Gasteiger partial charge is 0.342 e. The Labute approximate surface area is 168 Å². The van der Waals surface area contributed by atoms with Crippen LogP contribution in [0.25, 0.3) is 0 Å². The van der Waals surface area contributed by atoms with E-state index in [1.807, 2.05) is 11.4 Å². The molecule has 142 valence electrons. The van der Waals surface area contributed by atoms with Gasteiger partial charge >= 0.3 is 0 Å². The van der Waals surface area contributed by atoms with Crippen LogP contribution in [0.3, 0.4) is 0 Å². The third-order valence-electron chi connectivity index (χ3n) is 4.33. The van der Waals surface area contributed by atoms with Crippen LogP contribution >= 0.6 is 16.8 Å². The molecule has 0 aliphatic carbocycles. The minimum Gasteiger partial charge on any atom is -0.342 e. The molecule has 26 heavy (non-hydrogen) atoms. The van der Waals surface area contributed by atoms with Crippen molar-refractivity contribution in [3.63, 3.8) is 0 Å². The smallest absolute Gasteiger partial charge is 0.117 e. The van der Waals surface area contributed by atoms with Crippen LogP contribution in [0.1, 0.15) is 61.8 Å². The Morgan fingerprint density at radius 1 is 0.846 bits per heavy atom. The lowest BCUT2D eigenvalue weighted by molar-refractivity contribution is 0.343. The third-order valence-corrected chi connectivity index (χ3v) is 9.30. The van der Waals surface area contributed by atoms with Crippen LogP contribution in [-0.2, 0) is 16.3 Å². The van der Waals surface area contributed by atoms with E-state index in [4.69, 9.17) is 16.3 Å². The van der Waals surface area contributed by atoms with Gasteiger partial charge in [0.1, 0.15) is 5.47 Å². The van der Waals surface area contributed by atoms with Crippen molar-refractivity contribution in [2.45, 2.75) is 50.7 Å². The highest BCUT2D eigenvalue weighted by atomic mass is 32.9. The maximum atomic E-state index is 6.20. The van der Waals surface area contributed by atoms with Crippen LogP contribution in [0, 0.1) is 0 Å². The van der Waals surface area contributed by atoms with Gasteiger partial charge in [-0.1, -0.05) is 123 Å². The highest BCUT2D eigenvalue weighted by Crippen LogP contribution is 2.63. The molecule has 0 saturated carbocycles. The summed E-state index contributed by atoms with van der Waals surface area (Å²) in [6.45, 7) is 5.18. The minimum atomic E-state index is -1.89. The molecule has 0 heterocycles. The van der Waals surface area contributed by atoms with Crippen LogP contribution in [0.5, 0.6) is 0 Å². The summed E-state index contributed by atoms with van der Waals surface area (Å²) < 4.78 is 6.20. The highest BCUT2D eigenvalue weighted by Gasteiger charge is 2.22. The molecule has 0 aliphatic heterocycles. The second-order valence-corrected chi connectivity index (χ2v) is 14.7. The zero-order valence-electron chi connectivity index (χ0n) is 16.0. The molecule has 2 aromatic carbocycles. The Morgan fingerprint density at radius 2 is 1.35 bits per heavy atom. The molecular formula is C22H31OPS2. The fraction of sp³-hybridized carbons (Fsp3) is 0.455. The zero-order chi connectivity index (χ0) is 18.7. The summed E-state index contributed by atoms with van der Waals surface area (Å²) in [5.74, 6) is 0. The first kappa shape index (κ1) is 21.7. The van der Waals surface area contributed by atoms with Gasteiger partial charge in [-0.2, -0.15) is 0 Å². The van der Waals surface area contributed by atoms with Crippen LogP contribution in [0.2, 0.25) is 0 Å². The van der Waals surface area contributed by atoms with Crippen LogP contribution in [0.15, 0.2) is 60.7 Å². The molecule has 0 bridgehead atoms. The molecule has 2 aromatic rings. The van der Waals surface area contributed by atoms with E-state index in [1.54, 1.807) is 0 Å². The van der Waals surface area contributed by atoms with Gasteiger partial charge in [0, 0.05) is 0 Å². The summed E-state index contributed by atoms with van der Waals surface area (Å²) in [4.78, 5) is 0. The quantitative estimate of drug-likeness (QED) is 0.262. The molecule has 0 spiro atoms. The van der Waals surface area contributed by atoms with Gasteiger partial charge in [0.25, 0.3) is 0 Å². The standard InChI is InChI=1S/C22H31OPS2/c1-3-4-5-6-7-14-19-23-24(2,25)26-22(20-15-10-8-11-16-20)21-17-12-9-13-18-21/h8-13,15-18,22H,3-7,14,19H2,1-2H3. The van der Waals surface area contributed by atoms with Crippen molar-refractivity contribution >= 4 is 28.7 Å². The molecule has 0 saturated heterocycles. The molecule has 0 radical (unpaired) electrons. The van der Waals surface area contributed by atoms with Crippen molar-refractivity contribution in [1.29, 1.82) is 0 Å². The zero-order valence-corrected chi connectivity index (χ0v) is 18.5. The molecule has 1 nitrogen and oxygen atoms in total. The summed E-state index contributed by atoms with van der Waals surface area (Å²) >= 11 is 7.72. The Balaban J connectivity index is 1.93. The summed E-state index contributed by atoms with van der Waals surface area (Å²) in [7, 11) is 0. The minimum absolute atomic E-state index is 0.234. The molecule has 0 aliphatic rings. The van der Waals surface area contributed by atoms with Crippen LogP contribution in [0.4, 0.5) is 0 Å². The normalized spacial score (nSPS) is 13.7. The number of hydrogen-bond acceptors (Lipinski definition) is 3. The predicted molar refractivity (Wildman–Crippen MR) is 122 cm³/mol. The second-order valence-electron chi connectivity index (χ2n) is 6.68. The average Bonchev–Trinajstić information content (AvgIpc) is 2.67. The molecule has 1 atom stereocenters. The highest BCUT2D eigenvalue weighted by molar-refractivity contribution is 8.69. The van der Waals surface area contributed by atoms with Crippen molar-refractivity contribution in [3.8, 4) is 0 Å². The molecule has 0 fully saturated rings. The lowest BCUT2D eigenvalue weighted by atomic mass is 10.0. The van der Waals surface area contributed by atoms with Gasteiger partial charge in [-0.05, 0) is 24.2 Å². The topological polar surface area (TPSA) is 9.23 Å². The fourth-order valence-corrected chi connectivity index (χ4v) is 7.65. The first-order valence-corrected chi connectivity index (χ1v) is 14.3.